The summed E-state index contributed by atoms with van der Waals surface area (Å²) in [6, 6.07) is 14.0. The van der Waals surface area contributed by atoms with E-state index in [-0.39, 0.29) is 6.04 Å². The lowest BCUT2D eigenvalue weighted by Crippen LogP contribution is -2.36. The minimum Gasteiger partial charge on any atom is -0.478 e. The molecule has 5 heteroatoms. The van der Waals surface area contributed by atoms with Crippen molar-refractivity contribution in [2.24, 2.45) is 0 Å². The number of carboxylic acids is 1. The van der Waals surface area contributed by atoms with Crippen molar-refractivity contribution in [2.75, 3.05) is 6.61 Å². The number of ether oxygens (including phenoxy) is 1. The van der Waals surface area contributed by atoms with E-state index in [0.717, 1.165) is 28.5 Å². The van der Waals surface area contributed by atoms with Gasteiger partial charge >= 0.3 is 5.97 Å². The minimum absolute atomic E-state index is 0.161. The Balaban J connectivity index is 1.89. The lowest BCUT2D eigenvalue weighted by Gasteiger charge is -2.16. The monoisotopic (exact) mass is 327 g/mol. The molecule has 0 spiro atoms. The number of rotatable bonds is 8. The quantitative estimate of drug-likeness (QED) is 0.731. The van der Waals surface area contributed by atoms with E-state index in [1.54, 1.807) is 0 Å². The number of nitrogens with one attached hydrogen (secondary N) is 1. The van der Waals surface area contributed by atoms with E-state index in [1.165, 1.54) is 0 Å². The molecule has 1 atom stereocenters. The number of hydrogen-bond acceptors (Lipinski definition) is 3. The number of carbonyl (C=O) groups excluding carboxylic acids is 1. The predicted molar refractivity (Wildman–Crippen MR) is 92.6 cm³/mol. The van der Waals surface area contributed by atoms with Crippen LogP contribution in [0.5, 0.6) is 0 Å². The summed E-state index contributed by atoms with van der Waals surface area (Å²) in [6.07, 6.45) is 2.52. The van der Waals surface area contributed by atoms with Gasteiger partial charge in [-0.3, -0.25) is 4.79 Å². The Hall–Kier alpha value is -2.66. The van der Waals surface area contributed by atoms with Crippen LogP contribution in [0.2, 0.25) is 0 Å². The molecule has 24 heavy (non-hydrogen) atoms. The maximum absolute atomic E-state index is 11.6. The molecule has 2 aromatic carbocycles. The van der Waals surface area contributed by atoms with Gasteiger partial charge in [-0.1, -0.05) is 49.4 Å². The highest BCUT2D eigenvalue weighted by Gasteiger charge is 2.09. The number of carboxylic acid groups (broad SMARTS) is 1. The van der Waals surface area contributed by atoms with E-state index in [1.807, 2.05) is 31.2 Å². The molecule has 0 fully saturated rings. The molecule has 0 aromatic heterocycles. The number of amides is 1. The summed E-state index contributed by atoms with van der Waals surface area (Å²) in [6.45, 7) is 2.76. The highest BCUT2D eigenvalue weighted by atomic mass is 16.5. The van der Waals surface area contributed by atoms with Crippen molar-refractivity contribution >= 4 is 22.6 Å². The van der Waals surface area contributed by atoms with Crippen molar-refractivity contribution in [3.63, 3.8) is 0 Å². The second-order valence-corrected chi connectivity index (χ2v) is 5.44. The van der Waals surface area contributed by atoms with Crippen molar-refractivity contribution < 1.29 is 19.4 Å². The second kappa shape index (κ2) is 8.84. The second-order valence-electron chi connectivity index (χ2n) is 5.44. The summed E-state index contributed by atoms with van der Waals surface area (Å²) in [5, 5.41) is 13.6. The van der Waals surface area contributed by atoms with Crippen LogP contribution < -0.4 is 5.32 Å². The topological polar surface area (TPSA) is 75.6 Å². The molecule has 126 valence electrons. The van der Waals surface area contributed by atoms with Crippen molar-refractivity contribution in [3.05, 3.63) is 60.2 Å². The maximum atomic E-state index is 11.6. The van der Waals surface area contributed by atoms with Crippen LogP contribution in [0.1, 0.15) is 18.9 Å². The lowest BCUT2D eigenvalue weighted by molar-refractivity contribution is -0.131. The van der Waals surface area contributed by atoms with Gasteiger partial charge in [0.25, 0.3) is 0 Å². The van der Waals surface area contributed by atoms with Crippen LogP contribution in [0, 0.1) is 0 Å². The van der Waals surface area contributed by atoms with Gasteiger partial charge in [0.05, 0.1) is 19.3 Å². The Morgan fingerprint density at radius 3 is 2.67 bits per heavy atom. The first-order valence-corrected chi connectivity index (χ1v) is 7.86. The van der Waals surface area contributed by atoms with E-state index in [0.29, 0.717) is 19.6 Å². The Bertz CT molecular complexity index is 734. The van der Waals surface area contributed by atoms with Crippen molar-refractivity contribution in [3.8, 4) is 0 Å². The summed E-state index contributed by atoms with van der Waals surface area (Å²) in [5.74, 6) is -1.58. The fraction of sp³-hybridized carbons (Fsp3) is 0.263. The summed E-state index contributed by atoms with van der Waals surface area (Å²) >= 11 is 0. The van der Waals surface area contributed by atoms with Gasteiger partial charge in [-0.2, -0.15) is 0 Å². The number of aliphatic carboxylic acids is 1. The van der Waals surface area contributed by atoms with E-state index in [9.17, 15) is 9.59 Å². The van der Waals surface area contributed by atoms with Crippen LogP contribution in [-0.2, 0) is 20.9 Å². The van der Waals surface area contributed by atoms with Crippen molar-refractivity contribution in [1.29, 1.82) is 0 Å². The van der Waals surface area contributed by atoms with Gasteiger partial charge in [0.2, 0.25) is 5.91 Å². The first kappa shape index (κ1) is 17.7. The standard InChI is InChI=1S/C19H21NO4/c1-2-16(20-18(21)10-11-19(22)23)13-24-12-15-8-5-7-14-6-3-4-9-17(14)15/h3-11,16H,2,12-13H2,1H3,(H,20,21)(H,22,23)/b11-10-/t16-/m0/s1. The Morgan fingerprint density at radius 1 is 1.17 bits per heavy atom. The Labute approximate surface area is 140 Å². The predicted octanol–water partition coefficient (Wildman–Crippen LogP) is 2.89. The summed E-state index contributed by atoms with van der Waals surface area (Å²) < 4.78 is 5.75. The molecule has 2 N–H and O–H groups in total. The minimum atomic E-state index is -1.15. The van der Waals surface area contributed by atoms with Gasteiger partial charge < -0.3 is 15.2 Å². The zero-order valence-corrected chi connectivity index (χ0v) is 13.6. The SMILES string of the molecule is CC[C@@H](COCc1cccc2ccccc12)NC(=O)/C=C\C(=O)O. The molecular weight excluding hydrogens is 306 g/mol. The average molecular weight is 327 g/mol. The third-order valence-electron chi connectivity index (χ3n) is 3.67. The van der Waals surface area contributed by atoms with E-state index < -0.39 is 11.9 Å². The third-order valence-corrected chi connectivity index (χ3v) is 3.67. The number of benzene rings is 2. The molecule has 2 aromatic rings. The molecule has 0 heterocycles. The molecule has 0 aliphatic carbocycles. The van der Waals surface area contributed by atoms with Gasteiger partial charge in [0.15, 0.2) is 0 Å². The molecule has 0 saturated heterocycles. The van der Waals surface area contributed by atoms with Crippen LogP contribution in [0.15, 0.2) is 54.6 Å². The number of hydrogen-bond donors (Lipinski definition) is 2. The molecule has 0 bridgehead atoms. The molecular formula is C19H21NO4. The average Bonchev–Trinajstić information content (AvgIpc) is 2.59. The molecule has 0 aliphatic rings. The molecule has 2 rings (SSSR count). The summed E-state index contributed by atoms with van der Waals surface area (Å²) in [5.41, 5.74) is 1.10. The lowest BCUT2D eigenvalue weighted by atomic mass is 10.1. The maximum Gasteiger partial charge on any atom is 0.328 e. The number of carbonyl (C=O) groups is 2. The van der Waals surface area contributed by atoms with Gasteiger partial charge in [-0.05, 0) is 22.8 Å². The van der Waals surface area contributed by atoms with Crippen LogP contribution in [0.3, 0.4) is 0 Å². The number of fused-ring (bicyclic) bond motifs is 1. The third kappa shape index (κ3) is 5.21. The van der Waals surface area contributed by atoms with Gasteiger partial charge in [-0.25, -0.2) is 4.79 Å². The first-order chi connectivity index (χ1) is 11.6. The first-order valence-electron chi connectivity index (χ1n) is 7.86. The summed E-state index contributed by atoms with van der Waals surface area (Å²) in [4.78, 5) is 22.0. The molecule has 1 amide bonds. The van der Waals surface area contributed by atoms with Crippen molar-refractivity contribution in [2.45, 2.75) is 26.0 Å². The molecule has 0 saturated carbocycles. The van der Waals surface area contributed by atoms with Crippen LogP contribution in [0.25, 0.3) is 10.8 Å². The Morgan fingerprint density at radius 2 is 1.92 bits per heavy atom. The fourth-order valence-electron chi connectivity index (χ4n) is 2.39. The molecule has 0 unspecified atom stereocenters. The van der Waals surface area contributed by atoms with Gasteiger partial charge in [-0.15, -0.1) is 0 Å². The largest absolute Gasteiger partial charge is 0.478 e. The van der Waals surface area contributed by atoms with Crippen LogP contribution in [-0.4, -0.2) is 29.6 Å². The van der Waals surface area contributed by atoms with E-state index in [4.69, 9.17) is 9.84 Å². The van der Waals surface area contributed by atoms with Crippen molar-refractivity contribution in [1.82, 2.24) is 5.32 Å². The zero-order chi connectivity index (χ0) is 17.4. The highest BCUT2D eigenvalue weighted by molar-refractivity contribution is 5.94. The molecule has 5 nitrogen and oxygen atoms in total. The smallest absolute Gasteiger partial charge is 0.328 e. The fourth-order valence-corrected chi connectivity index (χ4v) is 2.39. The molecule has 0 aliphatic heterocycles. The molecule has 0 radical (unpaired) electrons. The normalized spacial score (nSPS) is 12.4. The van der Waals surface area contributed by atoms with E-state index in [2.05, 4.69) is 23.5 Å². The zero-order valence-electron chi connectivity index (χ0n) is 13.6. The van der Waals surface area contributed by atoms with Crippen LogP contribution >= 0.6 is 0 Å². The van der Waals surface area contributed by atoms with E-state index >= 15 is 0 Å². The highest BCUT2D eigenvalue weighted by Crippen LogP contribution is 2.19. The van der Waals surface area contributed by atoms with Crippen LogP contribution in [0.4, 0.5) is 0 Å². The summed E-state index contributed by atoms with van der Waals surface area (Å²) in [7, 11) is 0. The van der Waals surface area contributed by atoms with Gasteiger partial charge in [0, 0.05) is 12.2 Å². The Kier molecular flexibility index (Phi) is 6.51. The van der Waals surface area contributed by atoms with Gasteiger partial charge in [0.1, 0.15) is 0 Å².